The monoisotopic (exact) mass is 394 g/mol. The molecule has 0 aliphatic carbocycles. The zero-order valence-electron chi connectivity index (χ0n) is 17.2. The molecule has 0 saturated heterocycles. The lowest BCUT2D eigenvalue weighted by Gasteiger charge is -2.35. The number of hydrogen-bond donors (Lipinski definition) is 2. The molecule has 1 heterocycles. The van der Waals surface area contributed by atoms with Gasteiger partial charge in [-0.3, -0.25) is 10.1 Å². The van der Waals surface area contributed by atoms with Crippen LogP contribution in [0, 0.1) is 0 Å². The molecule has 0 unspecified atom stereocenters. The van der Waals surface area contributed by atoms with E-state index in [1.165, 1.54) is 5.56 Å². The average Bonchev–Trinajstić information content (AvgIpc) is 2.67. The van der Waals surface area contributed by atoms with Gasteiger partial charge in [0, 0.05) is 34.1 Å². The van der Waals surface area contributed by atoms with Crippen LogP contribution in [0.4, 0.5) is 10.5 Å². The van der Waals surface area contributed by atoms with Crippen molar-refractivity contribution in [3.05, 3.63) is 65.2 Å². The lowest BCUT2D eigenvalue weighted by atomic mass is 9.85. The molecule has 6 heteroatoms. The van der Waals surface area contributed by atoms with Crippen molar-refractivity contribution in [1.82, 2.24) is 5.32 Å². The number of fused-ring (bicyclic) bond motifs is 1. The number of rotatable bonds is 5. The summed E-state index contributed by atoms with van der Waals surface area (Å²) in [6.45, 7) is 6.25. The highest BCUT2D eigenvalue weighted by atomic mass is 16.5. The minimum Gasteiger partial charge on any atom is -0.497 e. The van der Waals surface area contributed by atoms with Crippen LogP contribution in [0.2, 0.25) is 0 Å². The topological polar surface area (TPSA) is 76.7 Å². The normalized spacial score (nSPS) is 15.8. The molecule has 6 nitrogen and oxygen atoms in total. The van der Waals surface area contributed by atoms with Crippen molar-refractivity contribution in [2.24, 2.45) is 0 Å². The number of nitrogens with one attached hydrogen (secondary N) is 2. The molecule has 0 saturated carbocycles. The van der Waals surface area contributed by atoms with Crippen LogP contribution >= 0.6 is 0 Å². The molecule has 1 aliphatic heterocycles. The number of ether oxygens (including phenoxy) is 2. The Morgan fingerprint density at radius 1 is 1.17 bits per heavy atom. The molecule has 0 atom stereocenters. The maximum absolute atomic E-state index is 12.9. The molecule has 0 spiro atoms. The van der Waals surface area contributed by atoms with Crippen LogP contribution < -0.4 is 15.4 Å². The van der Waals surface area contributed by atoms with Gasteiger partial charge in [0.2, 0.25) is 0 Å². The largest absolute Gasteiger partial charge is 0.497 e. The summed E-state index contributed by atoms with van der Waals surface area (Å²) in [4.78, 5) is 24.4. The molecule has 0 aromatic heterocycles. The lowest BCUT2D eigenvalue weighted by Crippen LogP contribution is -2.43. The third kappa shape index (κ3) is 4.96. The van der Waals surface area contributed by atoms with Crippen molar-refractivity contribution in [3.63, 3.8) is 0 Å². The zero-order chi connectivity index (χ0) is 21.0. The number of ketones is 1. The zero-order valence-corrected chi connectivity index (χ0v) is 17.2. The van der Waals surface area contributed by atoms with Gasteiger partial charge in [0.05, 0.1) is 13.7 Å². The number of carbonyl (C=O) groups excluding carboxylic acids is 2. The Balaban J connectivity index is 1.85. The predicted octanol–water partition coefficient (Wildman–Crippen LogP) is 4.41. The highest BCUT2D eigenvalue weighted by Gasteiger charge is 2.28. The van der Waals surface area contributed by atoms with Crippen molar-refractivity contribution in [2.75, 3.05) is 19.0 Å². The van der Waals surface area contributed by atoms with Crippen LogP contribution in [-0.4, -0.2) is 31.1 Å². The molecule has 0 fully saturated rings. The second-order valence-electron chi connectivity index (χ2n) is 7.55. The standard InChI is InChI=1S/C23H26N2O4/c1-5-29-22(27)24-17-9-6-15(7-10-17)21(26)13-20-19-12-18(28-4)11-8-16(19)14-23(2,3)25-20/h6-13,25H,5,14H2,1-4H3,(H,24,27). The SMILES string of the molecule is CCOC(=O)Nc1ccc(C(=O)C=C2NC(C)(C)Cc3ccc(OC)cc32)cc1. The van der Waals surface area contributed by atoms with Gasteiger partial charge in [-0.25, -0.2) is 4.79 Å². The fraction of sp³-hybridized carbons (Fsp3) is 0.304. The van der Waals surface area contributed by atoms with E-state index in [1.807, 2.05) is 18.2 Å². The number of allylic oxidation sites excluding steroid dienone is 1. The van der Waals surface area contributed by atoms with Gasteiger partial charge < -0.3 is 14.8 Å². The third-order valence-corrected chi connectivity index (χ3v) is 4.68. The average molecular weight is 394 g/mol. The molecular formula is C23H26N2O4. The molecule has 2 aromatic rings. The van der Waals surface area contributed by atoms with Crippen LogP contribution in [0.25, 0.3) is 5.70 Å². The minimum absolute atomic E-state index is 0.123. The molecule has 1 aliphatic rings. The van der Waals surface area contributed by atoms with Crippen LogP contribution in [0.3, 0.4) is 0 Å². The van der Waals surface area contributed by atoms with E-state index in [4.69, 9.17) is 9.47 Å². The van der Waals surface area contributed by atoms with Gasteiger partial charge in [-0.05, 0) is 69.2 Å². The summed E-state index contributed by atoms with van der Waals surface area (Å²) in [5.41, 5.74) is 3.84. The highest BCUT2D eigenvalue weighted by Crippen LogP contribution is 2.32. The Bertz CT molecular complexity index is 946. The fourth-order valence-corrected chi connectivity index (χ4v) is 3.37. The van der Waals surface area contributed by atoms with E-state index in [9.17, 15) is 9.59 Å². The summed E-state index contributed by atoms with van der Waals surface area (Å²) >= 11 is 0. The van der Waals surface area contributed by atoms with Crippen molar-refractivity contribution in [2.45, 2.75) is 32.7 Å². The van der Waals surface area contributed by atoms with E-state index >= 15 is 0 Å². The van der Waals surface area contributed by atoms with Gasteiger partial charge in [0.1, 0.15) is 5.75 Å². The van der Waals surface area contributed by atoms with Gasteiger partial charge in [-0.2, -0.15) is 0 Å². The number of anilines is 1. The summed E-state index contributed by atoms with van der Waals surface area (Å²) in [5, 5.41) is 6.08. The fourth-order valence-electron chi connectivity index (χ4n) is 3.37. The van der Waals surface area contributed by atoms with Crippen molar-refractivity contribution >= 4 is 23.3 Å². The Morgan fingerprint density at radius 3 is 2.55 bits per heavy atom. The van der Waals surface area contributed by atoms with Crippen LogP contribution in [0.15, 0.2) is 48.5 Å². The smallest absolute Gasteiger partial charge is 0.411 e. The molecular weight excluding hydrogens is 368 g/mol. The lowest BCUT2D eigenvalue weighted by molar-refractivity contribution is 0.104. The van der Waals surface area contributed by atoms with Crippen molar-refractivity contribution in [3.8, 4) is 5.75 Å². The van der Waals surface area contributed by atoms with E-state index in [0.29, 0.717) is 17.9 Å². The number of benzene rings is 2. The molecule has 1 amide bonds. The minimum atomic E-state index is -0.520. The number of hydrogen-bond acceptors (Lipinski definition) is 5. The first-order valence-corrected chi connectivity index (χ1v) is 9.56. The molecule has 0 bridgehead atoms. The van der Waals surface area contributed by atoms with Gasteiger partial charge in [0.25, 0.3) is 0 Å². The van der Waals surface area contributed by atoms with Crippen molar-refractivity contribution < 1.29 is 19.1 Å². The van der Waals surface area contributed by atoms with E-state index in [0.717, 1.165) is 23.4 Å². The number of carbonyl (C=O) groups is 2. The van der Waals surface area contributed by atoms with Gasteiger partial charge in [-0.15, -0.1) is 0 Å². The molecule has 0 radical (unpaired) electrons. The Morgan fingerprint density at radius 2 is 1.90 bits per heavy atom. The first kappa shape index (κ1) is 20.5. The van der Waals surface area contributed by atoms with E-state index in [2.05, 4.69) is 24.5 Å². The highest BCUT2D eigenvalue weighted by molar-refractivity contribution is 6.09. The summed E-state index contributed by atoms with van der Waals surface area (Å²) in [6, 6.07) is 12.7. The maximum atomic E-state index is 12.9. The first-order chi connectivity index (χ1) is 13.8. The molecule has 2 aromatic carbocycles. The summed E-state index contributed by atoms with van der Waals surface area (Å²) in [5.74, 6) is 0.625. The van der Waals surface area contributed by atoms with Gasteiger partial charge in [0.15, 0.2) is 5.78 Å². The first-order valence-electron chi connectivity index (χ1n) is 9.56. The Hall–Kier alpha value is -3.28. The predicted molar refractivity (Wildman–Crippen MR) is 113 cm³/mol. The quantitative estimate of drug-likeness (QED) is 0.580. The summed E-state index contributed by atoms with van der Waals surface area (Å²) in [6.07, 6.45) is 1.95. The van der Waals surface area contributed by atoms with Crippen LogP contribution in [-0.2, 0) is 11.2 Å². The Kier molecular flexibility index (Phi) is 5.92. The Labute approximate surface area is 170 Å². The summed E-state index contributed by atoms with van der Waals surface area (Å²) < 4.78 is 10.2. The van der Waals surface area contributed by atoms with E-state index < -0.39 is 6.09 Å². The van der Waals surface area contributed by atoms with E-state index in [1.54, 1.807) is 44.4 Å². The second kappa shape index (κ2) is 8.39. The maximum Gasteiger partial charge on any atom is 0.411 e. The third-order valence-electron chi connectivity index (χ3n) is 4.68. The summed E-state index contributed by atoms with van der Waals surface area (Å²) in [7, 11) is 1.63. The molecule has 29 heavy (non-hydrogen) atoms. The van der Waals surface area contributed by atoms with E-state index in [-0.39, 0.29) is 11.3 Å². The number of amides is 1. The number of methoxy groups -OCH3 is 1. The van der Waals surface area contributed by atoms with Gasteiger partial charge in [-0.1, -0.05) is 6.07 Å². The molecule has 152 valence electrons. The molecule has 2 N–H and O–H groups in total. The second-order valence-corrected chi connectivity index (χ2v) is 7.55. The van der Waals surface area contributed by atoms with Crippen molar-refractivity contribution in [1.29, 1.82) is 0 Å². The van der Waals surface area contributed by atoms with Crippen LogP contribution in [0.1, 0.15) is 42.3 Å². The van der Waals surface area contributed by atoms with Crippen LogP contribution in [0.5, 0.6) is 5.75 Å². The van der Waals surface area contributed by atoms with Gasteiger partial charge >= 0.3 is 6.09 Å². The molecule has 3 rings (SSSR count).